The third-order valence-electron chi connectivity index (χ3n) is 3.80. The minimum Gasteiger partial charge on any atom is -0.352 e. The van der Waals surface area contributed by atoms with Crippen molar-refractivity contribution in [3.05, 3.63) is 22.4 Å². The van der Waals surface area contributed by atoms with E-state index in [0.717, 1.165) is 12.8 Å². The summed E-state index contributed by atoms with van der Waals surface area (Å²) in [5, 5.41) is 9.50. The van der Waals surface area contributed by atoms with Gasteiger partial charge in [-0.25, -0.2) is 0 Å². The van der Waals surface area contributed by atoms with E-state index in [1.54, 1.807) is 11.4 Å². The van der Waals surface area contributed by atoms with Gasteiger partial charge in [0.25, 0.3) is 5.91 Å². The third-order valence-corrected chi connectivity index (χ3v) is 4.48. The Morgan fingerprint density at radius 2 is 2.05 bits per heavy atom. The second kappa shape index (κ2) is 8.79. The van der Waals surface area contributed by atoms with Crippen LogP contribution in [0.4, 0.5) is 0 Å². The average Bonchev–Trinajstić information content (AvgIpc) is 3.03. The number of rotatable bonds is 9. The molecule has 0 bridgehead atoms. The molecule has 1 heterocycles. The Kier molecular flexibility index (Phi) is 7.39. The zero-order valence-electron chi connectivity index (χ0n) is 12.8. The summed E-state index contributed by atoms with van der Waals surface area (Å²) in [5.74, 6) is -0.0935. The van der Waals surface area contributed by atoms with Crippen molar-refractivity contribution in [3.63, 3.8) is 0 Å². The standard InChI is InChI=1S/C15H25N3O2S/c1-3-15(4-2,11-16)18-13(19)6-5-8-17-14(20)12-7-9-21-10-12/h7,9-10H,3-6,8,11,16H2,1-2H3,(H,17,20)(H,18,19). The van der Waals surface area contributed by atoms with Crippen LogP contribution in [-0.4, -0.2) is 30.4 Å². The number of hydrogen-bond donors (Lipinski definition) is 3. The molecule has 0 unspecified atom stereocenters. The van der Waals surface area contributed by atoms with Gasteiger partial charge in [0.15, 0.2) is 0 Å². The molecule has 5 nitrogen and oxygen atoms in total. The number of amides is 2. The summed E-state index contributed by atoms with van der Waals surface area (Å²) in [5.41, 5.74) is 6.13. The van der Waals surface area contributed by atoms with Crippen molar-refractivity contribution < 1.29 is 9.59 Å². The van der Waals surface area contributed by atoms with Crippen molar-refractivity contribution in [1.29, 1.82) is 0 Å². The summed E-state index contributed by atoms with van der Waals surface area (Å²) in [6.45, 7) is 4.99. The minimum absolute atomic E-state index is 0.00562. The molecule has 0 fully saturated rings. The molecule has 21 heavy (non-hydrogen) atoms. The van der Waals surface area contributed by atoms with E-state index in [1.165, 1.54) is 11.3 Å². The highest BCUT2D eigenvalue weighted by atomic mass is 32.1. The Morgan fingerprint density at radius 3 is 2.57 bits per heavy atom. The van der Waals surface area contributed by atoms with Gasteiger partial charge in [-0.1, -0.05) is 13.8 Å². The van der Waals surface area contributed by atoms with Gasteiger partial charge in [0, 0.05) is 30.5 Å². The van der Waals surface area contributed by atoms with Crippen LogP contribution >= 0.6 is 11.3 Å². The first kappa shape index (κ1) is 17.7. The quantitative estimate of drug-likeness (QED) is 0.609. The van der Waals surface area contributed by atoms with Gasteiger partial charge >= 0.3 is 0 Å². The number of nitrogens with two attached hydrogens (primary N) is 1. The van der Waals surface area contributed by atoms with Gasteiger partial charge in [-0.2, -0.15) is 11.3 Å². The fourth-order valence-corrected chi connectivity index (χ4v) is 2.71. The first-order valence-electron chi connectivity index (χ1n) is 7.38. The van der Waals surface area contributed by atoms with E-state index in [9.17, 15) is 9.59 Å². The predicted molar refractivity (Wildman–Crippen MR) is 86.4 cm³/mol. The lowest BCUT2D eigenvalue weighted by molar-refractivity contribution is -0.123. The highest BCUT2D eigenvalue weighted by Crippen LogP contribution is 2.13. The smallest absolute Gasteiger partial charge is 0.252 e. The van der Waals surface area contributed by atoms with Crippen LogP contribution in [0, 0.1) is 0 Å². The number of carbonyl (C=O) groups excluding carboxylic acids is 2. The second-order valence-electron chi connectivity index (χ2n) is 5.11. The lowest BCUT2D eigenvalue weighted by Crippen LogP contribution is -2.52. The number of hydrogen-bond acceptors (Lipinski definition) is 4. The van der Waals surface area contributed by atoms with Crippen LogP contribution in [-0.2, 0) is 4.79 Å². The first-order valence-corrected chi connectivity index (χ1v) is 8.32. The molecular formula is C15H25N3O2S. The largest absolute Gasteiger partial charge is 0.352 e. The van der Waals surface area contributed by atoms with E-state index in [-0.39, 0.29) is 17.4 Å². The Hall–Kier alpha value is -1.40. The first-order chi connectivity index (χ1) is 10.1. The maximum atomic E-state index is 11.9. The molecule has 0 aliphatic heterocycles. The van der Waals surface area contributed by atoms with E-state index >= 15 is 0 Å². The molecule has 118 valence electrons. The molecule has 0 saturated heterocycles. The zero-order valence-corrected chi connectivity index (χ0v) is 13.6. The maximum Gasteiger partial charge on any atom is 0.252 e. The molecular weight excluding hydrogens is 286 g/mol. The van der Waals surface area contributed by atoms with E-state index in [0.29, 0.717) is 31.5 Å². The zero-order chi connectivity index (χ0) is 15.7. The molecule has 0 aliphatic rings. The SMILES string of the molecule is CCC(CC)(CN)NC(=O)CCCNC(=O)c1ccsc1. The summed E-state index contributed by atoms with van der Waals surface area (Å²) in [6.07, 6.45) is 2.66. The Labute approximate surface area is 130 Å². The van der Waals surface area contributed by atoms with Crippen LogP contribution in [0.3, 0.4) is 0 Å². The summed E-state index contributed by atoms with van der Waals surface area (Å²) in [6, 6.07) is 1.78. The van der Waals surface area contributed by atoms with Crippen molar-refractivity contribution in [2.24, 2.45) is 5.73 Å². The molecule has 2 amide bonds. The summed E-state index contributed by atoms with van der Waals surface area (Å²) < 4.78 is 0. The van der Waals surface area contributed by atoms with E-state index in [4.69, 9.17) is 5.73 Å². The van der Waals surface area contributed by atoms with Crippen LogP contribution in [0.15, 0.2) is 16.8 Å². The molecule has 0 spiro atoms. The van der Waals surface area contributed by atoms with Gasteiger partial charge < -0.3 is 16.4 Å². The average molecular weight is 311 g/mol. The van der Waals surface area contributed by atoms with Gasteiger partial charge in [0.05, 0.1) is 5.54 Å². The lowest BCUT2D eigenvalue weighted by atomic mass is 9.92. The van der Waals surface area contributed by atoms with Crippen LogP contribution in [0.2, 0.25) is 0 Å². The molecule has 1 aromatic heterocycles. The molecule has 0 saturated carbocycles. The fourth-order valence-electron chi connectivity index (χ4n) is 2.07. The molecule has 0 atom stereocenters. The third kappa shape index (κ3) is 5.47. The van der Waals surface area contributed by atoms with E-state index < -0.39 is 0 Å². The molecule has 0 aliphatic carbocycles. The topological polar surface area (TPSA) is 84.2 Å². The van der Waals surface area contributed by atoms with E-state index in [2.05, 4.69) is 10.6 Å². The Morgan fingerprint density at radius 1 is 1.33 bits per heavy atom. The molecule has 0 radical (unpaired) electrons. The summed E-state index contributed by atoms with van der Waals surface area (Å²) in [7, 11) is 0. The fraction of sp³-hybridized carbons (Fsp3) is 0.600. The minimum atomic E-state index is -0.295. The highest BCUT2D eigenvalue weighted by molar-refractivity contribution is 7.08. The predicted octanol–water partition coefficient (Wildman–Crippen LogP) is 1.89. The van der Waals surface area contributed by atoms with Crippen molar-refractivity contribution >= 4 is 23.2 Å². The van der Waals surface area contributed by atoms with Gasteiger partial charge in [-0.05, 0) is 30.7 Å². The maximum absolute atomic E-state index is 11.9. The van der Waals surface area contributed by atoms with Gasteiger partial charge in [-0.3, -0.25) is 9.59 Å². The van der Waals surface area contributed by atoms with Crippen molar-refractivity contribution in [2.45, 2.75) is 45.1 Å². The number of carbonyl (C=O) groups is 2. The van der Waals surface area contributed by atoms with Crippen molar-refractivity contribution in [1.82, 2.24) is 10.6 Å². The monoisotopic (exact) mass is 311 g/mol. The van der Waals surface area contributed by atoms with Crippen LogP contribution in [0.1, 0.15) is 49.9 Å². The normalized spacial score (nSPS) is 11.2. The summed E-state index contributed by atoms with van der Waals surface area (Å²) in [4.78, 5) is 23.6. The number of nitrogens with one attached hydrogen (secondary N) is 2. The molecule has 1 rings (SSSR count). The lowest BCUT2D eigenvalue weighted by Gasteiger charge is -2.31. The van der Waals surface area contributed by atoms with Gasteiger partial charge in [-0.15, -0.1) is 0 Å². The van der Waals surface area contributed by atoms with Crippen LogP contribution in [0.25, 0.3) is 0 Å². The van der Waals surface area contributed by atoms with Gasteiger partial charge in [0.1, 0.15) is 0 Å². The van der Waals surface area contributed by atoms with Crippen LogP contribution < -0.4 is 16.4 Å². The van der Waals surface area contributed by atoms with Crippen molar-refractivity contribution in [3.8, 4) is 0 Å². The van der Waals surface area contributed by atoms with Crippen molar-refractivity contribution in [2.75, 3.05) is 13.1 Å². The highest BCUT2D eigenvalue weighted by Gasteiger charge is 2.25. The molecule has 1 aromatic rings. The van der Waals surface area contributed by atoms with Crippen LogP contribution in [0.5, 0.6) is 0 Å². The summed E-state index contributed by atoms with van der Waals surface area (Å²) >= 11 is 1.49. The molecule has 4 N–H and O–H groups in total. The Balaban J connectivity index is 2.26. The second-order valence-corrected chi connectivity index (χ2v) is 5.89. The molecule has 0 aromatic carbocycles. The molecule has 6 heteroatoms. The Bertz CT molecular complexity index is 434. The van der Waals surface area contributed by atoms with Gasteiger partial charge in [0.2, 0.25) is 5.91 Å². The van der Waals surface area contributed by atoms with E-state index in [1.807, 2.05) is 19.2 Å². The number of thiophene rings is 1.